The second kappa shape index (κ2) is 6.06. The quantitative estimate of drug-likeness (QED) is 0.539. The minimum atomic E-state index is -0.350. The second-order valence-corrected chi connectivity index (χ2v) is 10.5. The van der Waals surface area contributed by atoms with Gasteiger partial charge in [0.15, 0.2) is 5.79 Å². The summed E-state index contributed by atoms with van der Waals surface area (Å²) in [6, 6.07) is 0. The summed E-state index contributed by atoms with van der Waals surface area (Å²) in [5.74, 6) is 8.30. The van der Waals surface area contributed by atoms with Gasteiger partial charge in [-0.05, 0) is 93.0 Å². The summed E-state index contributed by atoms with van der Waals surface area (Å²) in [6.45, 7) is 8.84. The molecule has 0 aromatic rings. The number of rotatable bonds is 1. The number of nitrogens with two attached hydrogens (primary N) is 1. The van der Waals surface area contributed by atoms with E-state index in [0.717, 1.165) is 43.1 Å². The first-order valence-corrected chi connectivity index (χ1v) is 11.2. The second-order valence-electron chi connectivity index (χ2n) is 10.5. The summed E-state index contributed by atoms with van der Waals surface area (Å²) in [4.78, 5) is 0. The maximum absolute atomic E-state index is 6.15. The average Bonchev–Trinajstić information content (AvgIpc) is 3.24. The molecule has 6 atom stereocenters. The lowest BCUT2D eigenvalue weighted by atomic mass is 9.46. The van der Waals surface area contributed by atoms with Gasteiger partial charge in [-0.2, -0.15) is 5.10 Å². The number of hydrogen-bond acceptors (Lipinski definition) is 4. The number of nitrogens with zero attached hydrogens (tertiary/aromatic N) is 1. The Kier molecular flexibility index (Phi) is 4.08. The van der Waals surface area contributed by atoms with Gasteiger partial charge in [0.1, 0.15) is 0 Å². The molecule has 0 spiro atoms. The van der Waals surface area contributed by atoms with Gasteiger partial charge in [0.2, 0.25) is 0 Å². The van der Waals surface area contributed by atoms with Crippen LogP contribution in [0.25, 0.3) is 0 Å². The molecular formula is C23H36N2O2. The summed E-state index contributed by atoms with van der Waals surface area (Å²) in [6.07, 6.45) is 12.5. The lowest BCUT2D eigenvalue weighted by molar-refractivity contribution is -0.214. The number of ether oxygens (including phenoxy) is 2. The molecule has 3 saturated carbocycles. The zero-order valence-corrected chi connectivity index (χ0v) is 17.3. The van der Waals surface area contributed by atoms with Gasteiger partial charge in [-0.1, -0.05) is 19.4 Å². The van der Waals surface area contributed by atoms with Crippen LogP contribution in [0.1, 0.15) is 72.1 Å². The van der Waals surface area contributed by atoms with E-state index in [-0.39, 0.29) is 5.79 Å². The van der Waals surface area contributed by atoms with Crippen LogP contribution in [0.3, 0.4) is 0 Å². The first-order chi connectivity index (χ1) is 12.9. The fourth-order valence-electron chi connectivity index (χ4n) is 8.27. The van der Waals surface area contributed by atoms with E-state index in [2.05, 4.69) is 31.9 Å². The van der Waals surface area contributed by atoms with Gasteiger partial charge in [-0.3, -0.25) is 0 Å². The lowest BCUT2D eigenvalue weighted by Gasteiger charge is -2.59. The van der Waals surface area contributed by atoms with Gasteiger partial charge < -0.3 is 15.3 Å². The molecule has 4 heteroatoms. The van der Waals surface area contributed by atoms with Gasteiger partial charge in [0, 0.05) is 5.92 Å². The maximum Gasteiger partial charge on any atom is 0.169 e. The fourth-order valence-corrected chi connectivity index (χ4v) is 8.27. The van der Waals surface area contributed by atoms with Crippen molar-refractivity contribution >= 4 is 5.71 Å². The van der Waals surface area contributed by atoms with E-state index >= 15 is 0 Å². The molecule has 0 aromatic heterocycles. The molecule has 4 unspecified atom stereocenters. The third-order valence-corrected chi connectivity index (χ3v) is 9.64. The molecule has 0 bridgehead atoms. The molecular weight excluding hydrogens is 336 g/mol. The summed E-state index contributed by atoms with van der Waals surface area (Å²) < 4.78 is 12.3. The van der Waals surface area contributed by atoms with Crippen molar-refractivity contribution in [3.8, 4) is 0 Å². The highest BCUT2D eigenvalue weighted by Crippen LogP contribution is 2.68. The van der Waals surface area contributed by atoms with E-state index < -0.39 is 0 Å². The van der Waals surface area contributed by atoms with Crippen molar-refractivity contribution in [3.05, 3.63) is 11.6 Å². The van der Waals surface area contributed by atoms with Crippen molar-refractivity contribution in [3.63, 3.8) is 0 Å². The zero-order valence-electron chi connectivity index (χ0n) is 17.3. The van der Waals surface area contributed by atoms with Crippen LogP contribution < -0.4 is 5.84 Å². The van der Waals surface area contributed by atoms with Crippen molar-refractivity contribution in [2.24, 2.45) is 45.4 Å². The van der Waals surface area contributed by atoms with Gasteiger partial charge in [-0.15, -0.1) is 0 Å². The van der Waals surface area contributed by atoms with Crippen molar-refractivity contribution < 1.29 is 9.47 Å². The van der Waals surface area contributed by atoms with Gasteiger partial charge in [0.25, 0.3) is 0 Å². The molecule has 1 aliphatic heterocycles. The molecule has 0 amide bonds. The molecule has 0 radical (unpaired) electrons. The number of hydrogen-bond donors (Lipinski definition) is 1. The molecule has 4 nitrogen and oxygen atoms in total. The first-order valence-electron chi connectivity index (χ1n) is 11.2. The Morgan fingerprint density at radius 3 is 2.48 bits per heavy atom. The van der Waals surface area contributed by atoms with E-state index in [9.17, 15) is 0 Å². The molecule has 1 saturated heterocycles. The Hall–Kier alpha value is -0.870. The van der Waals surface area contributed by atoms with E-state index in [1.165, 1.54) is 44.9 Å². The third kappa shape index (κ3) is 2.45. The van der Waals surface area contributed by atoms with Gasteiger partial charge in [0.05, 0.1) is 18.9 Å². The highest BCUT2D eigenvalue weighted by Gasteiger charge is 2.62. The van der Waals surface area contributed by atoms with Crippen LogP contribution >= 0.6 is 0 Å². The molecule has 150 valence electrons. The normalized spacial score (nSPS) is 50.0. The third-order valence-electron chi connectivity index (χ3n) is 9.64. The largest absolute Gasteiger partial charge is 0.348 e. The van der Waals surface area contributed by atoms with Crippen molar-refractivity contribution in [2.75, 3.05) is 13.2 Å². The van der Waals surface area contributed by atoms with Crippen LogP contribution in [0.4, 0.5) is 0 Å². The minimum Gasteiger partial charge on any atom is -0.348 e. The van der Waals surface area contributed by atoms with Crippen molar-refractivity contribution in [1.82, 2.24) is 0 Å². The molecule has 27 heavy (non-hydrogen) atoms. The highest BCUT2D eigenvalue weighted by molar-refractivity contribution is 5.96. The number of hydrazone groups is 1. The summed E-state index contributed by atoms with van der Waals surface area (Å²) in [5.41, 5.74) is 3.47. The van der Waals surface area contributed by atoms with Gasteiger partial charge in [-0.25, -0.2) is 0 Å². The number of fused-ring (bicyclic) bond motifs is 5. The van der Waals surface area contributed by atoms with Gasteiger partial charge >= 0.3 is 0 Å². The maximum atomic E-state index is 6.15. The molecule has 4 aliphatic carbocycles. The number of allylic oxidation sites excluding steroid dienone is 2. The summed E-state index contributed by atoms with van der Waals surface area (Å²) in [5, 5.41) is 4.01. The van der Waals surface area contributed by atoms with E-state index in [1.807, 2.05) is 0 Å². The first kappa shape index (κ1) is 18.2. The minimum absolute atomic E-state index is 0.350. The molecule has 0 aromatic carbocycles. The van der Waals surface area contributed by atoms with Crippen LogP contribution in [0.2, 0.25) is 0 Å². The molecule has 5 aliphatic rings. The Morgan fingerprint density at radius 2 is 1.74 bits per heavy atom. The average molecular weight is 373 g/mol. The molecule has 2 N–H and O–H groups in total. The topological polar surface area (TPSA) is 56.8 Å². The zero-order chi connectivity index (χ0) is 18.9. The predicted octanol–water partition coefficient (Wildman–Crippen LogP) is 4.64. The summed E-state index contributed by atoms with van der Waals surface area (Å²) >= 11 is 0. The SMILES string of the molecule is CC1(C2CCC3C4CCC5=C/C(=N/N)CC[C@]5(C)C4CC[C@@]32C)OCCO1. The Balaban J connectivity index is 1.44. The Morgan fingerprint density at radius 1 is 0.963 bits per heavy atom. The van der Waals surface area contributed by atoms with Crippen molar-refractivity contribution in [2.45, 2.75) is 77.9 Å². The molecule has 1 heterocycles. The predicted molar refractivity (Wildman–Crippen MR) is 107 cm³/mol. The van der Waals surface area contributed by atoms with Crippen LogP contribution in [-0.2, 0) is 9.47 Å². The highest BCUT2D eigenvalue weighted by atomic mass is 16.7. The van der Waals surface area contributed by atoms with E-state index in [0.29, 0.717) is 16.7 Å². The van der Waals surface area contributed by atoms with Crippen molar-refractivity contribution in [1.29, 1.82) is 0 Å². The summed E-state index contributed by atoms with van der Waals surface area (Å²) in [7, 11) is 0. The lowest BCUT2D eigenvalue weighted by Crippen LogP contribution is -2.53. The van der Waals surface area contributed by atoms with E-state index in [1.54, 1.807) is 5.57 Å². The molecule has 4 fully saturated rings. The van der Waals surface area contributed by atoms with Crippen LogP contribution in [0.15, 0.2) is 16.8 Å². The van der Waals surface area contributed by atoms with Crippen LogP contribution in [-0.4, -0.2) is 24.7 Å². The fraction of sp³-hybridized carbons (Fsp3) is 0.870. The molecule has 5 rings (SSSR count). The Labute approximate surface area is 163 Å². The Bertz CT molecular complexity index is 680. The monoisotopic (exact) mass is 372 g/mol. The standard InChI is InChI=1S/C23H36N2O2/c1-21-10-8-16(25-24)14-15(21)4-5-17-18-6-7-20(23(3)26-12-13-27-23)22(18,2)11-9-19(17)21/h14,17-20H,4-13,24H2,1-3H3/b25-16+/t17?,18?,19?,20?,21-,22-/m0/s1. The van der Waals surface area contributed by atoms with E-state index in [4.69, 9.17) is 15.3 Å². The smallest absolute Gasteiger partial charge is 0.169 e. The van der Waals surface area contributed by atoms with Crippen LogP contribution in [0, 0.1) is 34.5 Å². The van der Waals surface area contributed by atoms with Crippen LogP contribution in [0.5, 0.6) is 0 Å².